The summed E-state index contributed by atoms with van der Waals surface area (Å²) in [5, 5.41) is 3.73. The number of hydrogen-bond donors (Lipinski definition) is 2. The van der Waals surface area contributed by atoms with Crippen molar-refractivity contribution in [1.29, 1.82) is 0 Å². The number of nitrogens with one attached hydrogen (secondary N) is 2. The highest BCUT2D eigenvalue weighted by Crippen LogP contribution is 2.44. The van der Waals surface area contributed by atoms with Crippen LogP contribution in [0.1, 0.15) is 31.4 Å². The van der Waals surface area contributed by atoms with Crippen LogP contribution in [0.2, 0.25) is 0 Å². The largest absolute Gasteiger partial charge is 0.348 e. The molecule has 0 atom stereocenters. The lowest BCUT2D eigenvalue weighted by Gasteiger charge is -2.17. The molecule has 0 aliphatic heterocycles. The number of H-pyrrole nitrogens is 1. The Morgan fingerprint density at radius 2 is 2.07 bits per heavy atom. The molecular formula is C12H19N3. The standard InChI is InChI=1S/C12H19N3/c1-2-9(1)12(10-3-4-10)14-6-5-11-7-13-8-15-11/h7-10,12,14H,1-6H2,(H,13,15). The third-order valence-electron chi connectivity index (χ3n) is 3.59. The van der Waals surface area contributed by atoms with Crippen LogP contribution >= 0.6 is 0 Å². The van der Waals surface area contributed by atoms with Crippen LogP contribution in [0.25, 0.3) is 0 Å². The summed E-state index contributed by atoms with van der Waals surface area (Å²) in [6.45, 7) is 1.10. The van der Waals surface area contributed by atoms with Crippen molar-refractivity contribution < 1.29 is 0 Å². The molecule has 2 N–H and O–H groups in total. The van der Waals surface area contributed by atoms with Crippen LogP contribution in [-0.2, 0) is 6.42 Å². The number of nitrogens with zero attached hydrogens (tertiary/aromatic N) is 1. The summed E-state index contributed by atoms with van der Waals surface area (Å²) >= 11 is 0. The van der Waals surface area contributed by atoms with E-state index in [0.717, 1.165) is 30.8 Å². The van der Waals surface area contributed by atoms with E-state index in [1.165, 1.54) is 31.4 Å². The molecule has 2 aliphatic rings. The molecule has 0 bridgehead atoms. The zero-order valence-corrected chi connectivity index (χ0v) is 9.08. The van der Waals surface area contributed by atoms with Crippen LogP contribution < -0.4 is 5.32 Å². The Balaban J connectivity index is 1.44. The van der Waals surface area contributed by atoms with Gasteiger partial charge in [-0.15, -0.1) is 0 Å². The van der Waals surface area contributed by atoms with Crippen LogP contribution in [-0.4, -0.2) is 22.6 Å². The Morgan fingerprint density at radius 3 is 2.60 bits per heavy atom. The number of rotatable bonds is 6. The molecule has 0 spiro atoms. The predicted octanol–water partition coefficient (Wildman–Crippen LogP) is 1.73. The average Bonchev–Trinajstić information content (AvgIpc) is 3.15. The molecule has 2 aliphatic carbocycles. The van der Waals surface area contributed by atoms with E-state index in [0.29, 0.717) is 0 Å². The van der Waals surface area contributed by atoms with Gasteiger partial charge in [0.25, 0.3) is 0 Å². The maximum atomic E-state index is 4.03. The summed E-state index contributed by atoms with van der Waals surface area (Å²) in [5.41, 5.74) is 1.24. The quantitative estimate of drug-likeness (QED) is 0.742. The molecule has 1 aromatic heterocycles. The van der Waals surface area contributed by atoms with Gasteiger partial charge in [-0.1, -0.05) is 0 Å². The molecule has 0 aromatic carbocycles. The molecule has 3 rings (SSSR count). The van der Waals surface area contributed by atoms with Crippen molar-refractivity contribution >= 4 is 0 Å². The van der Waals surface area contributed by atoms with Crippen molar-refractivity contribution in [3.05, 3.63) is 18.2 Å². The van der Waals surface area contributed by atoms with Crippen molar-refractivity contribution in [2.75, 3.05) is 6.54 Å². The summed E-state index contributed by atoms with van der Waals surface area (Å²) in [5.74, 6) is 2.00. The summed E-state index contributed by atoms with van der Waals surface area (Å²) in [6, 6.07) is 0.827. The molecule has 3 heteroatoms. The first-order chi connectivity index (χ1) is 7.43. The third kappa shape index (κ3) is 2.40. The van der Waals surface area contributed by atoms with Crippen molar-refractivity contribution in [3.8, 4) is 0 Å². The van der Waals surface area contributed by atoms with Gasteiger partial charge >= 0.3 is 0 Å². The molecule has 2 fully saturated rings. The van der Waals surface area contributed by atoms with Gasteiger partial charge in [-0.05, 0) is 37.5 Å². The molecule has 82 valence electrons. The monoisotopic (exact) mass is 205 g/mol. The van der Waals surface area contributed by atoms with Crippen molar-refractivity contribution in [2.24, 2.45) is 11.8 Å². The molecular weight excluding hydrogens is 186 g/mol. The minimum Gasteiger partial charge on any atom is -0.348 e. The lowest BCUT2D eigenvalue weighted by Crippen LogP contribution is -2.34. The lowest BCUT2D eigenvalue weighted by molar-refractivity contribution is 0.419. The fourth-order valence-electron chi connectivity index (χ4n) is 2.42. The third-order valence-corrected chi connectivity index (χ3v) is 3.59. The summed E-state index contributed by atoms with van der Waals surface area (Å²) in [4.78, 5) is 7.18. The van der Waals surface area contributed by atoms with E-state index in [2.05, 4.69) is 15.3 Å². The molecule has 3 nitrogen and oxygen atoms in total. The molecule has 2 saturated carbocycles. The first-order valence-electron chi connectivity index (χ1n) is 6.14. The topological polar surface area (TPSA) is 40.7 Å². The van der Waals surface area contributed by atoms with Gasteiger partial charge in [0.2, 0.25) is 0 Å². The van der Waals surface area contributed by atoms with Gasteiger partial charge in [0.1, 0.15) is 0 Å². The van der Waals surface area contributed by atoms with Crippen LogP contribution in [0.15, 0.2) is 12.5 Å². The smallest absolute Gasteiger partial charge is 0.0921 e. The summed E-state index contributed by atoms with van der Waals surface area (Å²) < 4.78 is 0. The second-order valence-electron chi connectivity index (χ2n) is 4.98. The van der Waals surface area contributed by atoms with E-state index in [4.69, 9.17) is 0 Å². The Hall–Kier alpha value is -0.830. The second kappa shape index (κ2) is 3.97. The zero-order chi connectivity index (χ0) is 10.1. The molecule has 0 radical (unpaired) electrons. The van der Waals surface area contributed by atoms with Gasteiger partial charge in [-0.2, -0.15) is 0 Å². The Morgan fingerprint density at radius 1 is 1.33 bits per heavy atom. The van der Waals surface area contributed by atoms with Crippen LogP contribution in [0.4, 0.5) is 0 Å². The van der Waals surface area contributed by atoms with E-state index in [9.17, 15) is 0 Å². The Labute approximate surface area is 90.7 Å². The maximum absolute atomic E-state index is 4.03. The van der Waals surface area contributed by atoms with Crippen LogP contribution in [0, 0.1) is 11.8 Å². The molecule has 1 aromatic rings. The molecule has 1 heterocycles. The number of aromatic nitrogens is 2. The van der Waals surface area contributed by atoms with Gasteiger partial charge in [0.05, 0.1) is 6.33 Å². The van der Waals surface area contributed by atoms with E-state index < -0.39 is 0 Å². The Bertz CT molecular complexity index is 287. The van der Waals surface area contributed by atoms with E-state index in [1.807, 2.05) is 6.20 Å². The number of imidazole rings is 1. The summed E-state index contributed by atoms with van der Waals surface area (Å²) in [6.07, 6.45) is 10.6. The van der Waals surface area contributed by atoms with Crippen molar-refractivity contribution in [1.82, 2.24) is 15.3 Å². The van der Waals surface area contributed by atoms with Gasteiger partial charge in [0, 0.05) is 30.9 Å². The Kier molecular flexibility index (Phi) is 2.49. The minimum atomic E-state index is 0.827. The normalized spacial score (nSPS) is 21.1. The fraction of sp³-hybridized carbons (Fsp3) is 0.750. The molecule has 0 amide bonds. The first kappa shape index (κ1) is 9.40. The van der Waals surface area contributed by atoms with Crippen LogP contribution in [0.3, 0.4) is 0 Å². The zero-order valence-electron chi connectivity index (χ0n) is 9.08. The molecule has 0 saturated heterocycles. The minimum absolute atomic E-state index is 0.827. The average molecular weight is 205 g/mol. The molecule has 0 unspecified atom stereocenters. The molecule has 15 heavy (non-hydrogen) atoms. The van der Waals surface area contributed by atoms with E-state index >= 15 is 0 Å². The highest BCUT2D eigenvalue weighted by atomic mass is 15.0. The summed E-state index contributed by atoms with van der Waals surface area (Å²) in [7, 11) is 0. The van der Waals surface area contributed by atoms with Gasteiger partial charge in [0.15, 0.2) is 0 Å². The SMILES string of the molecule is c1ncc(CCNC(C2CC2)C2CC2)[nH]1. The maximum Gasteiger partial charge on any atom is 0.0921 e. The van der Waals surface area contributed by atoms with E-state index in [1.54, 1.807) is 6.33 Å². The van der Waals surface area contributed by atoms with Gasteiger partial charge < -0.3 is 10.3 Å². The number of aromatic amines is 1. The van der Waals surface area contributed by atoms with Crippen LogP contribution in [0.5, 0.6) is 0 Å². The predicted molar refractivity (Wildman–Crippen MR) is 59.5 cm³/mol. The van der Waals surface area contributed by atoms with E-state index in [-0.39, 0.29) is 0 Å². The second-order valence-corrected chi connectivity index (χ2v) is 4.98. The van der Waals surface area contributed by atoms with Gasteiger partial charge in [-0.25, -0.2) is 4.98 Å². The van der Waals surface area contributed by atoms with Crippen molar-refractivity contribution in [3.63, 3.8) is 0 Å². The lowest BCUT2D eigenvalue weighted by atomic mass is 10.1. The van der Waals surface area contributed by atoms with Gasteiger partial charge in [-0.3, -0.25) is 0 Å². The highest BCUT2D eigenvalue weighted by Gasteiger charge is 2.40. The fourth-order valence-corrected chi connectivity index (χ4v) is 2.42. The van der Waals surface area contributed by atoms with Crippen molar-refractivity contribution in [2.45, 2.75) is 38.1 Å². The first-order valence-corrected chi connectivity index (χ1v) is 6.14. The highest BCUT2D eigenvalue weighted by molar-refractivity contribution is 4.98. The number of hydrogen-bond acceptors (Lipinski definition) is 2.